The lowest BCUT2D eigenvalue weighted by molar-refractivity contribution is 0.0930. The second kappa shape index (κ2) is 8.62. The third-order valence-corrected chi connectivity index (χ3v) is 8.01. The summed E-state index contributed by atoms with van der Waals surface area (Å²) in [7, 11) is -2.58. The van der Waals surface area contributed by atoms with Crippen molar-refractivity contribution in [2.75, 3.05) is 22.8 Å². The van der Waals surface area contributed by atoms with Crippen LogP contribution in [0.1, 0.15) is 41.5 Å². The molecule has 0 saturated carbocycles. The van der Waals surface area contributed by atoms with Crippen molar-refractivity contribution in [1.82, 2.24) is 14.5 Å². The summed E-state index contributed by atoms with van der Waals surface area (Å²) < 4.78 is 36.8. The van der Waals surface area contributed by atoms with Crippen LogP contribution in [0.4, 0.5) is 16.2 Å². The van der Waals surface area contributed by atoms with E-state index in [9.17, 15) is 18.3 Å². The fraction of sp³-hybridized carbons (Fsp3) is 0.545. The molecule has 10 nitrogen and oxygen atoms in total. The van der Waals surface area contributed by atoms with Crippen LogP contribution in [0.25, 0.3) is 0 Å². The zero-order valence-electron chi connectivity index (χ0n) is 18.6. The number of urea groups is 1. The number of nitrogens with one attached hydrogen (secondary N) is 2. The lowest BCUT2D eigenvalue weighted by Crippen LogP contribution is -2.48. The highest BCUT2D eigenvalue weighted by atomic mass is 32.2. The number of amides is 2. The number of anilines is 2. The SMILES string of the molecule is Cn1cc(N(CC2CC(O)CO2)S(=O)(=O)NC(=O)Nc2c3c(cc4c2CCC4)CCC3)cn1. The van der Waals surface area contributed by atoms with Crippen molar-refractivity contribution in [3.63, 3.8) is 0 Å². The van der Waals surface area contributed by atoms with Crippen LogP contribution in [0.15, 0.2) is 18.5 Å². The third-order valence-electron chi connectivity index (χ3n) is 6.63. The maximum Gasteiger partial charge on any atom is 0.334 e. The van der Waals surface area contributed by atoms with Gasteiger partial charge in [0.1, 0.15) is 0 Å². The highest BCUT2D eigenvalue weighted by Gasteiger charge is 2.33. The molecule has 178 valence electrons. The second-order valence-corrected chi connectivity index (χ2v) is 10.6. The molecule has 3 aliphatic rings. The zero-order chi connectivity index (χ0) is 23.2. The van der Waals surface area contributed by atoms with Crippen molar-refractivity contribution in [3.8, 4) is 0 Å². The molecule has 2 atom stereocenters. The molecule has 33 heavy (non-hydrogen) atoms. The van der Waals surface area contributed by atoms with Crippen LogP contribution in [0, 0.1) is 0 Å². The van der Waals surface area contributed by atoms with E-state index in [-0.39, 0.29) is 13.2 Å². The number of hydrogen-bond acceptors (Lipinski definition) is 6. The number of aliphatic hydroxyl groups is 1. The van der Waals surface area contributed by atoms with Crippen molar-refractivity contribution in [3.05, 3.63) is 40.7 Å². The number of fused-ring (bicyclic) bond motifs is 2. The average molecular weight is 476 g/mol. The van der Waals surface area contributed by atoms with Crippen LogP contribution < -0.4 is 14.3 Å². The van der Waals surface area contributed by atoms with Crippen molar-refractivity contribution in [1.29, 1.82) is 0 Å². The number of aromatic nitrogens is 2. The molecule has 11 heteroatoms. The molecule has 1 fully saturated rings. The number of carbonyl (C=O) groups is 1. The summed E-state index contributed by atoms with van der Waals surface area (Å²) in [6, 6.07) is 1.47. The summed E-state index contributed by atoms with van der Waals surface area (Å²) in [6.45, 7) is 0.116. The quantitative estimate of drug-likeness (QED) is 0.580. The Kier molecular flexibility index (Phi) is 5.79. The van der Waals surface area contributed by atoms with Gasteiger partial charge < -0.3 is 15.2 Å². The van der Waals surface area contributed by atoms with Gasteiger partial charge in [0.25, 0.3) is 0 Å². The van der Waals surface area contributed by atoms with E-state index in [4.69, 9.17) is 4.74 Å². The Bertz CT molecular complexity index is 1150. The van der Waals surface area contributed by atoms with Gasteiger partial charge in [0, 0.05) is 25.4 Å². The van der Waals surface area contributed by atoms with E-state index in [0.29, 0.717) is 12.1 Å². The molecule has 0 bridgehead atoms. The molecule has 1 aromatic carbocycles. The standard InChI is InChI=1S/C22H29N5O5S/c1-26-11-16(10-23-26)27(12-18-9-17(28)13-32-18)33(30,31)25-22(29)24-21-19-6-2-4-14(19)8-15-5-3-7-20(15)21/h8,10-11,17-18,28H,2-7,9,12-13H2,1H3,(H2,24,25,29). The number of aryl methyl sites for hydroxylation is 3. The van der Waals surface area contributed by atoms with Crippen molar-refractivity contribution >= 4 is 27.6 Å². The summed E-state index contributed by atoms with van der Waals surface area (Å²) in [5, 5.41) is 16.7. The monoisotopic (exact) mass is 475 g/mol. The van der Waals surface area contributed by atoms with Crippen molar-refractivity contribution in [2.45, 2.75) is 57.2 Å². The maximum absolute atomic E-state index is 13.3. The molecule has 1 aromatic heterocycles. The van der Waals surface area contributed by atoms with Crippen LogP contribution in [-0.4, -0.2) is 54.7 Å². The predicted octanol–water partition coefficient (Wildman–Crippen LogP) is 1.42. The highest BCUT2D eigenvalue weighted by Crippen LogP contribution is 2.38. The Balaban J connectivity index is 1.37. The molecule has 3 N–H and O–H groups in total. The van der Waals surface area contributed by atoms with E-state index < -0.39 is 28.4 Å². The van der Waals surface area contributed by atoms with E-state index in [1.54, 1.807) is 13.2 Å². The van der Waals surface area contributed by atoms with Crippen LogP contribution >= 0.6 is 0 Å². The Hall–Kier alpha value is -2.63. The molecule has 2 unspecified atom stereocenters. The minimum Gasteiger partial charge on any atom is -0.391 e. The van der Waals surface area contributed by atoms with Gasteiger partial charge in [-0.2, -0.15) is 13.5 Å². The van der Waals surface area contributed by atoms with E-state index in [0.717, 1.165) is 59.6 Å². The minimum atomic E-state index is -4.26. The average Bonchev–Trinajstić information content (AvgIpc) is 3.53. The molecule has 1 aliphatic heterocycles. The second-order valence-electron chi connectivity index (χ2n) is 9.04. The molecule has 2 aromatic rings. The van der Waals surface area contributed by atoms with E-state index in [1.165, 1.54) is 22.0 Å². The normalized spacial score (nSPS) is 21.6. The van der Waals surface area contributed by atoms with E-state index in [2.05, 4.69) is 21.2 Å². The Labute approximate surface area is 193 Å². The number of benzene rings is 1. The molecule has 2 amide bonds. The van der Waals surface area contributed by atoms with Crippen LogP contribution in [0.2, 0.25) is 0 Å². The largest absolute Gasteiger partial charge is 0.391 e. The first-order valence-corrected chi connectivity index (χ1v) is 12.8. The first kappa shape index (κ1) is 22.2. The van der Waals surface area contributed by atoms with Gasteiger partial charge in [-0.05, 0) is 60.8 Å². The van der Waals surface area contributed by atoms with Crippen LogP contribution in [0.3, 0.4) is 0 Å². The topological polar surface area (TPSA) is 126 Å². The van der Waals surface area contributed by atoms with E-state index >= 15 is 0 Å². The number of nitrogens with zero attached hydrogens (tertiary/aromatic N) is 3. The van der Waals surface area contributed by atoms with Gasteiger partial charge in [0.15, 0.2) is 0 Å². The summed E-state index contributed by atoms with van der Waals surface area (Å²) in [5.74, 6) is 0. The van der Waals surface area contributed by atoms with Crippen LogP contribution in [0.5, 0.6) is 0 Å². The van der Waals surface area contributed by atoms with Gasteiger partial charge in [-0.15, -0.1) is 0 Å². The molecule has 0 spiro atoms. The number of hydrogen-bond donors (Lipinski definition) is 3. The lowest BCUT2D eigenvalue weighted by atomic mass is 9.99. The summed E-state index contributed by atoms with van der Waals surface area (Å²) in [6.07, 6.45) is 7.98. The Morgan fingerprint density at radius 3 is 2.52 bits per heavy atom. The fourth-order valence-corrected chi connectivity index (χ4v) is 6.29. The van der Waals surface area contributed by atoms with Gasteiger partial charge in [0.05, 0.1) is 37.2 Å². The number of rotatable bonds is 6. The summed E-state index contributed by atoms with van der Waals surface area (Å²) in [4.78, 5) is 12.9. The third kappa shape index (κ3) is 4.44. The molecule has 0 radical (unpaired) electrons. The van der Waals surface area contributed by atoms with Gasteiger partial charge in [-0.3, -0.25) is 4.68 Å². The smallest absolute Gasteiger partial charge is 0.334 e. The zero-order valence-corrected chi connectivity index (χ0v) is 19.4. The first-order valence-electron chi connectivity index (χ1n) is 11.4. The summed E-state index contributed by atoms with van der Waals surface area (Å²) in [5.41, 5.74) is 5.84. The van der Waals surface area contributed by atoms with E-state index in [1.807, 2.05) is 0 Å². The van der Waals surface area contributed by atoms with Crippen molar-refractivity contribution in [2.24, 2.45) is 7.05 Å². The molecule has 1 saturated heterocycles. The van der Waals surface area contributed by atoms with Gasteiger partial charge in [0.2, 0.25) is 0 Å². The number of ether oxygens (including phenoxy) is 1. The number of aliphatic hydroxyl groups excluding tert-OH is 1. The molecular weight excluding hydrogens is 446 g/mol. The molecule has 5 rings (SSSR count). The van der Waals surface area contributed by atoms with Gasteiger partial charge in [-0.25, -0.2) is 13.8 Å². The Morgan fingerprint density at radius 1 is 1.24 bits per heavy atom. The van der Waals surface area contributed by atoms with Gasteiger partial charge >= 0.3 is 16.2 Å². The predicted molar refractivity (Wildman–Crippen MR) is 122 cm³/mol. The highest BCUT2D eigenvalue weighted by molar-refractivity contribution is 7.91. The minimum absolute atomic E-state index is 0.0402. The maximum atomic E-state index is 13.3. The number of carbonyl (C=O) groups excluding carboxylic acids is 1. The molecular formula is C22H29N5O5S. The fourth-order valence-electron chi connectivity index (χ4n) is 5.16. The van der Waals surface area contributed by atoms with Crippen LogP contribution in [-0.2, 0) is 47.7 Å². The molecule has 2 aliphatic carbocycles. The Morgan fingerprint density at radius 2 is 1.94 bits per heavy atom. The van der Waals surface area contributed by atoms with Gasteiger partial charge in [-0.1, -0.05) is 6.07 Å². The first-order chi connectivity index (χ1) is 15.8. The summed E-state index contributed by atoms with van der Waals surface area (Å²) >= 11 is 0. The lowest BCUT2D eigenvalue weighted by Gasteiger charge is -2.25. The molecule has 2 heterocycles. The van der Waals surface area contributed by atoms with Crippen molar-refractivity contribution < 1.29 is 23.1 Å².